The zero-order chi connectivity index (χ0) is 17.8. The highest BCUT2D eigenvalue weighted by Crippen LogP contribution is 2.31. The minimum atomic E-state index is -0.784. The van der Waals surface area contributed by atoms with Crippen LogP contribution < -0.4 is 14.8 Å². The maximum absolute atomic E-state index is 12.5. The Balaban J connectivity index is 1.58. The van der Waals surface area contributed by atoms with E-state index in [1.807, 2.05) is 6.07 Å². The van der Waals surface area contributed by atoms with Crippen LogP contribution in [0.3, 0.4) is 0 Å². The number of rotatable bonds is 4. The minimum absolute atomic E-state index is 0.103. The number of fused-ring (bicyclic) bond motifs is 1. The second-order valence-corrected chi connectivity index (χ2v) is 5.99. The summed E-state index contributed by atoms with van der Waals surface area (Å²) in [6.45, 7) is -0.0160. The Hall–Kier alpha value is -2.73. The smallest absolute Gasteiger partial charge is 0.267 e. The highest BCUT2D eigenvalue weighted by atomic mass is 35.5. The van der Waals surface area contributed by atoms with Crippen molar-refractivity contribution in [2.45, 2.75) is 6.10 Å². The summed E-state index contributed by atoms with van der Waals surface area (Å²) in [5.74, 6) is 0.441. The first-order valence-electron chi connectivity index (χ1n) is 7.72. The summed E-state index contributed by atoms with van der Waals surface area (Å²) in [5, 5.41) is 3.11. The molecule has 0 bridgehead atoms. The molecule has 7 heteroatoms. The van der Waals surface area contributed by atoms with Crippen LogP contribution in [0.5, 0.6) is 11.5 Å². The van der Waals surface area contributed by atoms with Crippen molar-refractivity contribution in [3.63, 3.8) is 0 Å². The lowest BCUT2D eigenvalue weighted by Crippen LogP contribution is -2.47. The van der Waals surface area contributed by atoms with Crippen LogP contribution in [-0.4, -0.2) is 43.0 Å². The second-order valence-electron chi connectivity index (χ2n) is 5.59. The first kappa shape index (κ1) is 17.1. The molecule has 0 aromatic heterocycles. The monoisotopic (exact) mass is 360 g/mol. The van der Waals surface area contributed by atoms with E-state index in [0.29, 0.717) is 22.2 Å². The second kappa shape index (κ2) is 7.44. The Bertz CT molecular complexity index is 796. The zero-order valence-electron chi connectivity index (χ0n) is 13.6. The van der Waals surface area contributed by atoms with Crippen molar-refractivity contribution in [3.05, 3.63) is 53.6 Å². The van der Waals surface area contributed by atoms with Gasteiger partial charge in [-0.2, -0.15) is 0 Å². The van der Waals surface area contributed by atoms with E-state index in [2.05, 4.69) is 5.32 Å². The molecular formula is C18H17ClN2O4. The Morgan fingerprint density at radius 2 is 1.84 bits per heavy atom. The third-order valence-electron chi connectivity index (χ3n) is 3.69. The van der Waals surface area contributed by atoms with Crippen molar-refractivity contribution in [1.29, 1.82) is 0 Å². The van der Waals surface area contributed by atoms with Crippen molar-refractivity contribution in [2.75, 3.05) is 25.5 Å². The summed E-state index contributed by atoms with van der Waals surface area (Å²) in [4.78, 5) is 25.9. The molecular weight excluding hydrogens is 344 g/mol. The van der Waals surface area contributed by atoms with Crippen molar-refractivity contribution in [3.8, 4) is 11.5 Å². The molecule has 1 heterocycles. The first-order valence-corrected chi connectivity index (χ1v) is 8.10. The van der Waals surface area contributed by atoms with Crippen LogP contribution in [0, 0.1) is 0 Å². The number of likely N-dealkylation sites (N-methyl/N-ethyl adjacent to an activating group) is 1. The Morgan fingerprint density at radius 3 is 2.60 bits per heavy atom. The van der Waals surface area contributed by atoms with Crippen LogP contribution >= 0.6 is 11.6 Å². The molecule has 0 aliphatic carbocycles. The number of hydrogen-bond donors (Lipinski definition) is 1. The van der Waals surface area contributed by atoms with Crippen LogP contribution in [0.4, 0.5) is 5.69 Å². The van der Waals surface area contributed by atoms with Crippen LogP contribution in [0.2, 0.25) is 5.02 Å². The summed E-state index contributed by atoms with van der Waals surface area (Å²) >= 11 is 6.01. The van der Waals surface area contributed by atoms with E-state index in [4.69, 9.17) is 21.1 Å². The number of benzene rings is 2. The molecule has 1 N–H and O–H groups in total. The van der Waals surface area contributed by atoms with Crippen LogP contribution in [0.1, 0.15) is 0 Å². The quantitative estimate of drug-likeness (QED) is 0.910. The lowest BCUT2D eigenvalue weighted by Gasteiger charge is -2.28. The molecule has 1 aliphatic rings. The molecule has 0 radical (unpaired) electrons. The zero-order valence-corrected chi connectivity index (χ0v) is 14.3. The van der Waals surface area contributed by atoms with E-state index in [1.54, 1.807) is 49.5 Å². The number of anilines is 1. The summed E-state index contributed by atoms with van der Waals surface area (Å²) in [5.41, 5.74) is 0.501. The number of nitrogens with one attached hydrogen (secondary N) is 1. The fourth-order valence-corrected chi connectivity index (χ4v) is 2.62. The average Bonchev–Trinajstić information content (AvgIpc) is 2.62. The molecule has 2 amide bonds. The molecule has 2 aromatic rings. The summed E-state index contributed by atoms with van der Waals surface area (Å²) in [6, 6.07) is 14.0. The van der Waals surface area contributed by atoms with Gasteiger partial charge in [0.1, 0.15) is 6.61 Å². The number of para-hydroxylation sites is 3. The number of carbonyl (C=O) groups is 2. The fourth-order valence-electron chi connectivity index (χ4n) is 2.43. The molecule has 3 rings (SSSR count). The summed E-state index contributed by atoms with van der Waals surface area (Å²) in [7, 11) is 1.54. The lowest BCUT2D eigenvalue weighted by molar-refractivity contribution is -0.141. The number of nitrogens with zero attached hydrogens (tertiary/aromatic N) is 1. The largest absolute Gasteiger partial charge is 0.485 e. The third kappa shape index (κ3) is 4.03. The summed E-state index contributed by atoms with van der Waals surface area (Å²) in [6.07, 6.45) is -0.784. The van der Waals surface area contributed by atoms with Gasteiger partial charge >= 0.3 is 0 Å². The molecule has 1 atom stereocenters. The van der Waals surface area contributed by atoms with Crippen molar-refractivity contribution in [1.82, 2.24) is 4.90 Å². The maximum Gasteiger partial charge on any atom is 0.267 e. The van der Waals surface area contributed by atoms with Gasteiger partial charge in [0.2, 0.25) is 12.0 Å². The van der Waals surface area contributed by atoms with Crippen molar-refractivity contribution in [2.24, 2.45) is 0 Å². The van der Waals surface area contributed by atoms with Gasteiger partial charge in [-0.25, -0.2) is 0 Å². The van der Waals surface area contributed by atoms with E-state index in [-0.39, 0.29) is 25.0 Å². The van der Waals surface area contributed by atoms with Crippen LogP contribution in [0.25, 0.3) is 0 Å². The van der Waals surface area contributed by atoms with E-state index < -0.39 is 6.10 Å². The lowest BCUT2D eigenvalue weighted by atomic mass is 10.2. The predicted molar refractivity (Wildman–Crippen MR) is 94.1 cm³/mol. The van der Waals surface area contributed by atoms with Crippen LogP contribution in [0.15, 0.2) is 48.5 Å². The SMILES string of the molecule is CN(CC(=O)Nc1ccccc1Cl)C(=O)[C@@H]1COc2ccccc2O1. The van der Waals surface area contributed by atoms with Gasteiger partial charge in [-0.3, -0.25) is 9.59 Å². The number of ether oxygens (including phenoxy) is 2. The molecule has 2 aromatic carbocycles. The normalized spacial score (nSPS) is 15.4. The van der Waals surface area contributed by atoms with E-state index >= 15 is 0 Å². The third-order valence-corrected chi connectivity index (χ3v) is 4.02. The Kier molecular flexibility index (Phi) is 5.09. The molecule has 1 aliphatic heterocycles. The highest BCUT2D eigenvalue weighted by molar-refractivity contribution is 6.33. The molecule has 0 saturated heterocycles. The molecule has 0 fully saturated rings. The van der Waals surface area contributed by atoms with Gasteiger partial charge in [-0.15, -0.1) is 0 Å². The number of halogens is 1. The fraction of sp³-hybridized carbons (Fsp3) is 0.222. The van der Waals surface area contributed by atoms with Gasteiger partial charge in [-0.1, -0.05) is 35.9 Å². The van der Waals surface area contributed by atoms with E-state index in [0.717, 1.165) is 0 Å². The van der Waals surface area contributed by atoms with Gasteiger partial charge in [0, 0.05) is 7.05 Å². The van der Waals surface area contributed by atoms with E-state index in [1.165, 1.54) is 4.90 Å². The van der Waals surface area contributed by atoms with Gasteiger partial charge in [0.05, 0.1) is 17.3 Å². The van der Waals surface area contributed by atoms with Gasteiger partial charge < -0.3 is 19.7 Å². The maximum atomic E-state index is 12.5. The highest BCUT2D eigenvalue weighted by Gasteiger charge is 2.30. The summed E-state index contributed by atoms with van der Waals surface area (Å²) < 4.78 is 11.2. The molecule has 6 nitrogen and oxygen atoms in total. The first-order chi connectivity index (χ1) is 12.0. The molecule has 130 valence electrons. The Labute approximate surface area is 150 Å². The average molecular weight is 361 g/mol. The van der Waals surface area contributed by atoms with Gasteiger partial charge in [0.15, 0.2) is 11.5 Å². The topological polar surface area (TPSA) is 67.9 Å². The van der Waals surface area contributed by atoms with Gasteiger partial charge in [0.25, 0.3) is 5.91 Å². The minimum Gasteiger partial charge on any atom is -0.485 e. The predicted octanol–water partition coefficient (Wildman–Crippen LogP) is 2.58. The molecule has 25 heavy (non-hydrogen) atoms. The standard InChI is InChI=1S/C18H17ClN2O4/c1-21(10-17(22)20-13-7-3-2-6-12(13)19)18(23)16-11-24-14-8-4-5-9-15(14)25-16/h2-9,16H,10-11H2,1H3,(H,20,22)/t16-/m0/s1. The number of carbonyl (C=O) groups excluding carboxylic acids is 2. The van der Waals surface area contributed by atoms with E-state index in [9.17, 15) is 9.59 Å². The Morgan fingerprint density at radius 1 is 1.16 bits per heavy atom. The van der Waals surface area contributed by atoms with Crippen molar-refractivity contribution < 1.29 is 19.1 Å². The van der Waals surface area contributed by atoms with Crippen LogP contribution in [-0.2, 0) is 9.59 Å². The molecule has 0 unspecified atom stereocenters. The van der Waals surface area contributed by atoms with Gasteiger partial charge in [-0.05, 0) is 24.3 Å². The van der Waals surface area contributed by atoms with Crippen molar-refractivity contribution >= 4 is 29.1 Å². The molecule has 0 spiro atoms. The molecule has 0 saturated carbocycles. The number of amides is 2. The number of hydrogen-bond acceptors (Lipinski definition) is 4.